The van der Waals surface area contributed by atoms with Crippen LogP contribution in [0.15, 0.2) is 42.5 Å². The summed E-state index contributed by atoms with van der Waals surface area (Å²) in [5.74, 6) is 0.889. The summed E-state index contributed by atoms with van der Waals surface area (Å²) in [6, 6.07) is 15.0. The second kappa shape index (κ2) is 6.04. The molecule has 1 aliphatic carbocycles. The van der Waals surface area contributed by atoms with Gasteiger partial charge in [-0.1, -0.05) is 30.3 Å². The Hall–Kier alpha value is -1.58. The van der Waals surface area contributed by atoms with Crippen LogP contribution in [0, 0.1) is 0 Å². The van der Waals surface area contributed by atoms with E-state index in [1.807, 2.05) is 18.2 Å². The molecule has 2 aromatic carbocycles. The summed E-state index contributed by atoms with van der Waals surface area (Å²) in [4.78, 5) is 0. The van der Waals surface area contributed by atoms with Crippen molar-refractivity contribution >= 4 is 10.8 Å². The monoisotopic (exact) mass is 285 g/mol. The number of aliphatic hydroxyl groups excluding tert-OH is 1. The lowest BCUT2D eigenvalue weighted by molar-refractivity contribution is 0.142. The smallest absolute Gasteiger partial charge is 0.119 e. The number of hydrogen-bond acceptors (Lipinski definition) is 3. The van der Waals surface area contributed by atoms with Gasteiger partial charge < -0.3 is 15.2 Å². The average molecular weight is 285 g/mol. The maximum atomic E-state index is 9.58. The molecule has 3 heteroatoms. The molecule has 0 amide bonds. The van der Waals surface area contributed by atoms with Gasteiger partial charge in [-0.25, -0.2) is 0 Å². The molecule has 0 heterocycles. The molecule has 1 saturated carbocycles. The van der Waals surface area contributed by atoms with Gasteiger partial charge in [-0.2, -0.15) is 0 Å². The highest BCUT2D eigenvalue weighted by Gasteiger charge is 2.31. The zero-order chi connectivity index (χ0) is 14.7. The van der Waals surface area contributed by atoms with Gasteiger partial charge in [-0.3, -0.25) is 0 Å². The van der Waals surface area contributed by atoms with Crippen molar-refractivity contribution in [3.05, 3.63) is 42.5 Å². The van der Waals surface area contributed by atoms with Crippen LogP contribution in [-0.4, -0.2) is 29.9 Å². The van der Waals surface area contributed by atoms with E-state index in [0.29, 0.717) is 12.6 Å². The summed E-state index contributed by atoms with van der Waals surface area (Å²) in [7, 11) is 0. The summed E-state index contributed by atoms with van der Waals surface area (Å²) in [5.41, 5.74) is -0.238. The molecule has 1 unspecified atom stereocenters. The standard InChI is InChI=1S/C18H23NO2/c1-18(13-20,19-16-7-8-16)10-11-21-17-9-6-14-4-2-3-5-15(14)12-17/h2-6,9,12,16,19-20H,7-8,10-11,13H2,1H3. The van der Waals surface area contributed by atoms with Gasteiger partial charge in [0.05, 0.1) is 13.2 Å². The van der Waals surface area contributed by atoms with Gasteiger partial charge in [0.1, 0.15) is 5.75 Å². The fourth-order valence-electron chi connectivity index (χ4n) is 2.57. The number of ether oxygens (including phenoxy) is 1. The second-order valence-corrected chi connectivity index (χ2v) is 6.24. The minimum Gasteiger partial charge on any atom is -0.494 e. The number of nitrogens with one attached hydrogen (secondary N) is 1. The van der Waals surface area contributed by atoms with E-state index in [0.717, 1.165) is 12.2 Å². The molecule has 2 aromatic rings. The van der Waals surface area contributed by atoms with Gasteiger partial charge >= 0.3 is 0 Å². The van der Waals surface area contributed by atoms with E-state index in [1.54, 1.807) is 0 Å². The molecule has 1 atom stereocenters. The van der Waals surface area contributed by atoms with Crippen LogP contribution in [0.1, 0.15) is 26.2 Å². The summed E-state index contributed by atoms with van der Waals surface area (Å²) in [6.45, 7) is 2.81. The highest BCUT2D eigenvalue weighted by molar-refractivity contribution is 5.83. The highest BCUT2D eigenvalue weighted by atomic mass is 16.5. The molecule has 1 fully saturated rings. The Morgan fingerprint density at radius 2 is 1.95 bits per heavy atom. The molecule has 0 spiro atoms. The van der Waals surface area contributed by atoms with Crippen molar-refractivity contribution in [2.45, 2.75) is 37.8 Å². The summed E-state index contributed by atoms with van der Waals surface area (Å²) in [5, 5.41) is 15.5. The first-order valence-electron chi connectivity index (χ1n) is 7.69. The molecule has 112 valence electrons. The molecule has 0 radical (unpaired) electrons. The number of hydrogen-bond donors (Lipinski definition) is 2. The van der Waals surface area contributed by atoms with E-state index in [2.05, 4.69) is 36.5 Å². The third-order valence-corrected chi connectivity index (χ3v) is 4.12. The van der Waals surface area contributed by atoms with Crippen molar-refractivity contribution in [3.63, 3.8) is 0 Å². The van der Waals surface area contributed by atoms with Crippen LogP contribution in [0.5, 0.6) is 5.75 Å². The van der Waals surface area contributed by atoms with E-state index in [1.165, 1.54) is 23.6 Å². The van der Waals surface area contributed by atoms with Gasteiger partial charge in [0, 0.05) is 18.0 Å². The molecule has 3 nitrogen and oxygen atoms in total. The molecular weight excluding hydrogens is 262 g/mol. The molecule has 1 aliphatic rings. The minimum absolute atomic E-state index is 0.143. The highest BCUT2D eigenvalue weighted by Crippen LogP contribution is 2.25. The van der Waals surface area contributed by atoms with Crippen molar-refractivity contribution in [3.8, 4) is 5.75 Å². The lowest BCUT2D eigenvalue weighted by atomic mass is 9.99. The third-order valence-electron chi connectivity index (χ3n) is 4.12. The first-order valence-corrected chi connectivity index (χ1v) is 7.69. The van der Waals surface area contributed by atoms with E-state index in [9.17, 15) is 5.11 Å². The van der Waals surface area contributed by atoms with E-state index >= 15 is 0 Å². The topological polar surface area (TPSA) is 41.5 Å². The normalized spacial score (nSPS) is 17.6. The molecule has 0 saturated heterocycles. The third kappa shape index (κ3) is 3.74. The first-order chi connectivity index (χ1) is 10.2. The maximum absolute atomic E-state index is 9.58. The average Bonchev–Trinajstić information content (AvgIpc) is 3.31. The first kappa shape index (κ1) is 14.4. The Morgan fingerprint density at radius 3 is 2.67 bits per heavy atom. The SMILES string of the molecule is CC(CO)(CCOc1ccc2ccccc2c1)NC1CC1. The Labute approximate surface area is 125 Å². The lowest BCUT2D eigenvalue weighted by Crippen LogP contribution is -2.48. The van der Waals surface area contributed by atoms with Crippen molar-refractivity contribution in [2.24, 2.45) is 0 Å². The summed E-state index contributed by atoms with van der Waals surface area (Å²) < 4.78 is 5.86. The van der Waals surface area contributed by atoms with Gasteiger partial charge in [0.25, 0.3) is 0 Å². The predicted octanol–water partition coefficient (Wildman–Crippen LogP) is 3.11. The zero-order valence-electron chi connectivity index (χ0n) is 12.5. The zero-order valence-corrected chi connectivity index (χ0v) is 12.5. The lowest BCUT2D eigenvalue weighted by Gasteiger charge is -2.29. The van der Waals surface area contributed by atoms with Crippen LogP contribution in [0.25, 0.3) is 10.8 Å². The molecule has 0 aromatic heterocycles. The van der Waals surface area contributed by atoms with Crippen LogP contribution < -0.4 is 10.1 Å². The molecule has 0 bridgehead atoms. The summed E-state index contributed by atoms with van der Waals surface area (Å²) >= 11 is 0. The van der Waals surface area contributed by atoms with Crippen LogP contribution in [0.3, 0.4) is 0 Å². The van der Waals surface area contributed by atoms with Gasteiger partial charge in [0.15, 0.2) is 0 Å². The van der Waals surface area contributed by atoms with Gasteiger partial charge in [-0.05, 0) is 42.7 Å². The van der Waals surface area contributed by atoms with Crippen molar-refractivity contribution in [1.29, 1.82) is 0 Å². The minimum atomic E-state index is -0.238. The quantitative estimate of drug-likeness (QED) is 0.821. The number of benzene rings is 2. The number of aliphatic hydroxyl groups is 1. The number of fused-ring (bicyclic) bond motifs is 1. The van der Waals surface area contributed by atoms with E-state index in [-0.39, 0.29) is 12.1 Å². The van der Waals surface area contributed by atoms with Crippen molar-refractivity contribution in [2.75, 3.05) is 13.2 Å². The molecule has 21 heavy (non-hydrogen) atoms. The van der Waals surface area contributed by atoms with Crippen LogP contribution >= 0.6 is 0 Å². The molecular formula is C18H23NO2. The van der Waals surface area contributed by atoms with Crippen molar-refractivity contribution in [1.82, 2.24) is 5.32 Å². The van der Waals surface area contributed by atoms with Gasteiger partial charge in [-0.15, -0.1) is 0 Å². The van der Waals surface area contributed by atoms with Gasteiger partial charge in [0.2, 0.25) is 0 Å². The van der Waals surface area contributed by atoms with Crippen molar-refractivity contribution < 1.29 is 9.84 Å². The Bertz CT molecular complexity index is 609. The van der Waals surface area contributed by atoms with E-state index in [4.69, 9.17) is 4.74 Å². The Balaban J connectivity index is 1.57. The Kier molecular flexibility index (Phi) is 4.13. The maximum Gasteiger partial charge on any atom is 0.119 e. The van der Waals surface area contributed by atoms with E-state index < -0.39 is 0 Å². The predicted molar refractivity (Wildman–Crippen MR) is 85.7 cm³/mol. The van der Waals surface area contributed by atoms with Crippen LogP contribution in [0.4, 0.5) is 0 Å². The van der Waals surface area contributed by atoms with Crippen LogP contribution in [-0.2, 0) is 0 Å². The fourth-order valence-corrected chi connectivity index (χ4v) is 2.57. The molecule has 0 aliphatic heterocycles. The molecule has 2 N–H and O–H groups in total. The number of rotatable bonds is 7. The fraction of sp³-hybridized carbons (Fsp3) is 0.444. The summed E-state index contributed by atoms with van der Waals surface area (Å²) in [6.07, 6.45) is 3.25. The Morgan fingerprint density at radius 1 is 1.19 bits per heavy atom. The largest absolute Gasteiger partial charge is 0.494 e. The second-order valence-electron chi connectivity index (χ2n) is 6.24. The molecule has 3 rings (SSSR count). The van der Waals surface area contributed by atoms with Crippen LogP contribution in [0.2, 0.25) is 0 Å².